The van der Waals surface area contributed by atoms with Crippen molar-refractivity contribution in [2.24, 2.45) is 0 Å². The molecule has 0 bridgehead atoms. The molecule has 0 amide bonds. The van der Waals surface area contributed by atoms with E-state index >= 15 is 0 Å². The van der Waals surface area contributed by atoms with E-state index in [2.05, 4.69) is 51.1 Å². The van der Waals surface area contributed by atoms with Crippen LogP contribution in [0.4, 0.5) is 11.7 Å². The normalized spacial score (nSPS) is 16.5. The van der Waals surface area contributed by atoms with Gasteiger partial charge in [-0.1, -0.05) is 24.3 Å². The van der Waals surface area contributed by atoms with Gasteiger partial charge in [-0.05, 0) is 35.4 Å². The highest BCUT2D eigenvalue weighted by Gasteiger charge is 2.17. The molecule has 2 aromatic carbocycles. The quantitative estimate of drug-likeness (QED) is 0.332. The van der Waals surface area contributed by atoms with Gasteiger partial charge in [-0.3, -0.25) is 4.90 Å². The van der Waals surface area contributed by atoms with Gasteiger partial charge >= 0.3 is 0 Å². The average Bonchev–Trinajstić information content (AvgIpc) is 3.45. The number of methoxy groups -OCH3 is 1. The molecule has 3 aromatic rings. The van der Waals surface area contributed by atoms with Crippen molar-refractivity contribution in [2.45, 2.75) is 19.7 Å². The largest absolute Gasteiger partial charge is 0.497 e. The molecule has 204 valence electrons. The van der Waals surface area contributed by atoms with Crippen LogP contribution in [0, 0.1) is 0 Å². The minimum Gasteiger partial charge on any atom is -0.497 e. The Balaban J connectivity index is 1.26. The maximum absolute atomic E-state index is 5.97. The first-order chi connectivity index (χ1) is 18.8. The SMILES string of the molecule is COc1cccc(CN(Cc2cccc(N3CCOCC3)c2)c2nc(COCCN3CCOCC3)co2)c1. The first kappa shape index (κ1) is 26.5. The second-order valence-electron chi connectivity index (χ2n) is 9.60. The van der Waals surface area contributed by atoms with E-state index in [1.807, 2.05) is 12.1 Å². The molecule has 0 atom stereocenters. The van der Waals surface area contributed by atoms with Gasteiger partial charge in [-0.15, -0.1) is 0 Å². The van der Waals surface area contributed by atoms with Crippen LogP contribution in [0.2, 0.25) is 0 Å². The Morgan fingerprint density at radius 2 is 1.61 bits per heavy atom. The average molecular weight is 523 g/mol. The van der Waals surface area contributed by atoms with Crippen molar-refractivity contribution < 1.29 is 23.4 Å². The predicted octanol–water partition coefficient (Wildman–Crippen LogP) is 3.58. The molecule has 1 aromatic heterocycles. The van der Waals surface area contributed by atoms with Crippen molar-refractivity contribution in [1.29, 1.82) is 0 Å². The minimum absolute atomic E-state index is 0.424. The van der Waals surface area contributed by atoms with Crippen molar-refractivity contribution in [1.82, 2.24) is 9.88 Å². The van der Waals surface area contributed by atoms with Crippen LogP contribution < -0.4 is 14.5 Å². The summed E-state index contributed by atoms with van der Waals surface area (Å²) < 4.78 is 28.3. The van der Waals surface area contributed by atoms with E-state index in [1.54, 1.807) is 13.4 Å². The molecule has 9 heteroatoms. The molecule has 2 aliphatic rings. The van der Waals surface area contributed by atoms with Crippen molar-refractivity contribution >= 4 is 11.7 Å². The summed E-state index contributed by atoms with van der Waals surface area (Å²) in [6.45, 7) is 10.1. The molecular formula is C29H38N4O5. The highest BCUT2D eigenvalue weighted by Crippen LogP contribution is 2.24. The summed E-state index contributed by atoms with van der Waals surface area (Å²) in [7, 11) is 1.69. The van der Waals surface area contributed by atoms with E-state index in [-0.39, 0.29) is 0 Å². The van der Waals surface area contributed by atoms with E-state index in [9.17, 15) is 0 Å². The second-order valence-corrected chi connectivity index (χ2v) is 9.60. The summed E-state index contributed by atoms with van der Waals surface area (Å²) in [5.41, 5.74) is 4.32. The van der Waals surface area contributed by atoms with E-state index < -0.39 is 0 Å². The lowest BCUT2D eigenvalue weighted by atomic mass is 10.1. The van der Waals surface area contributed by atoms with Gasteiger partial charge in [0.25, 0.3) is 6.01 Å². The lowest BCUT2D eigenvalue weighted by Crippen LogP contribution is -2.38. The first-order valence-electron chi connectivity index (χ1n) is 13.4. The monoisotopic (exact) mass is 522 g/mol. The molecule has 0 radical (unpaired) electrons. The van der Waals surface area contributed by atoms with Gasteiger partial charge in [-0.2, -0.15) is 4.98 Å². The van der Waals surface area contributed by atoms with Gasteiger partial charge in [-0.25, -0.2) is 0 Å². The van der Waals surface area contributed by atoms with Crippen LogP contribution in [-0.4, -0.2) is 82.8 Å². The second kappa shape index (κ2) is 13.6. The Morgan fingerprint density at radius 1 is 0.895 bits per heavy atom. The molecule has 9 nitrogen and oxygen atoms in total. The number of benzene rings is 2. The zero-order valence-electron chi connectivity index (χ0n) is 22.2. The highest BCUT2D eigenvalue weighted by atomic mass is 16.5. The molecule has 0 spiro atoms. The molecule has 0 unspecified atom stereocenters. The Kier molecular flexibility index (Phi) is 9.49. The van der Waals surface area contributed by atoms with Crippen LogP contribution >= 0.6 is 0 Å². The number of hydrogen-bond acceptors (Lipinski definition) is 9. The van der Waals surface area contributed by atoms with E-state index in [0.717, 1.165) is 76.2 Å². The van der Waals surface area contributed by atoms with E-state index in [1.165, 1.54) is 11.3 Å². The van der Waals surface area contributed by atoms with Crippen LogP contribution in [0.3, 0.4) is 0 Å². The Labute approximate surface area is 224 Å². The lowest BCUT2D eigenvalue weighted by molar-refractivity contribution is 0.0177. The Hall–Kier alpha value is -3.11. The van der Waals surface area contributed by atoms with Gasteiger partial charge in [0.05, 0.1) is 46.8 Å². The molecule has 0 N–H and O–H groups in total. The molecule has 2 aliphatic heterocycles. The smallest absolute Gasteiger partial charge is 0.298 e. The molecule has 0 saturated carbocycles. The standard InChI is InChI=1S/C29H38N4O5/c1-34-28-7-3-5-25(19-28)21-33(20-24-4-2-6-27(18-24)32-11-16-36-17-12-32)29-30-26(23-38-29)22-37-15-10-31-8-13-35-14-9-31/h2-7,18-19,23H,8-17,20-22H2,1H3. The van der Waals surface area contributed by atoms with Crippen molar-refractivity contribution in [3.63, 3.8) is 0 Å². The summed E-state index contributed by atoms with van der Waals surface area (Å²) in [6.07, 6.45) is 1.70. The molecule has 0 aliphatic carbocycles. The predicted molar refractivity (Wildman–Crippen MR) is 146 cm³/mol. The summed E-state index contributed by atoms with van der Waals surface area (Å²) in [5, 5.41) is 0. The number of morpholine rings is 2. The highest BCUT2D eigenvalue weighted by molar-refractivity contribution is 5.50. The van der Waals surface area contributed by atoms with Crippen molar-refractivity contribution in [3.8, 4) is 5.75 Å². The number of ether oxygens (including phenoxy) is 4. The summed E-state index contributed by atoms with van der Waals surface area (Å²) in [6, 6.07) is 17.4. The van der Waals surface area contributed by atoms with Gasteiger partial charge in [0.2, 0.25) is 0 Å². The van der Waals surface area contributed by atoms with Crippen LogP contribution in [0.15, 0.2) is 59.2 Å². The van der Waals surface area contributed by atoms with Crippen LogP contribution in [-0.2, 0) is 33.9 Å². The number of nitrogens with zero attached hydrogens (tertiary/aromatic N) is 4. The van der Waals surface area contributed by atoms with E-state index in [4.69, 9.17) is 28.3 Å². The van der Waals surface area contributed by atoms with Gasteiger partial charge in [0.1, 0.15) is 17.7 Å². The lowest BCUT2D eigenvalue weighted by Gasteiger charge is -2.29. The third-order valence-corrected chi connectivity index (χ3v) is 6.88. The summed E-state index contributed by atoms with van der Waals surface area (Å²) >= 11 is 0. The Morgan fingerprint density at radius 3 is 2.37 bits per heavy atom. The third-order valence-electron chi connectivity index (χ3n) is 6.88. The maximum atomic E-state index is 5.97. The van der Waals surface area contributed by atoms with E-state index in [0.29, 0.717) is 32.3 Å². The van der Waals surface area contributed by atoms with Crippen molar-refractivity contribution in [2.75, 3.05) is 82.7 Å². The van der Waals surface area contributed by atoms with Gasteiger partial charge in [0.15, 0.2) is 0 Å². The molecule has 5 rings (SSSR count). The maximum Gasteiger partial charge on any atom is 0.298 e. The summed E-state index contributed by atoms with van der Waals surface area (Å²) in [4.78, 5) is 11.7. The fourth-order valence-electron chi connectivity index (χ4n) is 4.78. The Bertz CT molecular complexity index is 1130. The number of aromatic nitrogens is 1. The molecule has 2 saturated heterocycles. The van der Waals surface area contributed by atoms with Crippen LogP contribution in [0.5, 0.6) is 5.75 Å². The summed E-state index contributed by atoms with van der Waals surface area (Å²) in [5.74, 6) is 0.832. The van der Waals surface area contributed by atoms with Crippen LogP contribution in [0.25, 0.3) is 0 Å². The number of hydrogen-bond donors (Lipinski definition) is 0. The fourth-order valence-corrected chi connectivity index (χ4v) is 4.78. The minimum atomic E-state index is 0.424. The third kappa shape index (κ3) is 7.48. The zero-order chi connectivity index (χ0) is 26.0. The van der Waals surface area contributed by atoms with Crippen LogP contribution in [0.1, 0.15) is 16.8 Å². The van der Waals surface area contributed by atoms with Crippen molar-refractivity contribution in [3.05, 3.63) is 71.6 Å². The first-order valence-corrected chi connectivity index (χ1v) is 13.4. The zero-order valence-corrected chi connectivity index (χ0v) is 22.2. The molecular weight excluding hydrogens is 484 g/mol. The van der Waals surface area contributed by atoms with Gasteiger partial charge < -0.3 is 33.2 Å². The number of rotatable bonds is 12. The molecule has 2 fully saturated rings. The number of oxazole rings is 1. The molecule has 38 heavy (non-hydrogen) atoms. The number of anilines is 2. The topological polar surface area (TPSA) is 72.7 Å². The fraction of sp³-hybridized carbons (Fsp3) is 0.483. The molecule has 3 heterocycles. The van der Waals surface area contributed by atoms with Gasteiger partial charge in [0, 0.05) is 51.5 Å².